The van der Waals surface area contributed by atoms with Crippen molar-refractivity contribution in [2.45, 2.75) is 27.2 Å². The number of carbonyl (C=O) groups is 1. The van der Waals surface area contributed by atoms with E-state index in [-0.39, 0.29) is 12.2 Å². The van der Waals surface area contributed by atoms with Gasteiger partial charge < -0.3 is 9.42 Å². The molecule has 5 nitrogen and oxygen atoms in total. The van der Waals surface area contributed by atoms with Crippen LogP contribution in [0.15, 0.2) is 4.52 Å². The number of aromatic nitrogens is 2. The minimum atomic E-state index is 0.0275. The van der Waals surface area contributed by atoms with Gasteiger partial charge in [0.2, 0.25) is 5.89 Å². The molecule has 1 rings (SSSR count). The highest BCUT2D eigenvalue weighted by molar-refractivity contribution is 5.77. The van der Waals surface area contributed by atoms with Crippen molar-refractivity contribution < 1.29 is 9.32 Å². The van der Waals surface area contributed by atoms with Crippen molar-refractivity contribution in [1.29, 1.82) is 0 Å². The van der Waals surface area contributed by atoms with Crippen LogP contribution >= 0.6 is 0 Å². The Balaban J connectivity index is 2.71. The second kappa shape index (κ2) is 4.74. The van der Waals surface area contributed by atoms with E-state index in [4.69, 9.17) is 4.52 Å². The minimum Gasteiger partial charge on any atom is -0.339 e. The lowest BCUT2D eigenvalue weighted by molar-refractivity contribution is -0.116. The lowest BCUT2D eigenvalue weighted by Crippen LogP contribution is -2.23. The van der Waals surface area contributed by atoms with Gasteiger partial charge in [0.1, 0.15) is 5.78 Å². The Labute approximate surface area is 83.1 Å². The van der Waals surface area contributed by atoms with Gasteiger partial charge in [-0.25, -0.2) is 0 Å². The van der Waals surface area contributed by atoms with Gasteiger partial charge in [0.25, 0.3) is 5.95 Å². The zero-order valence-electron chi connectivity index (χ0n) is 8.78. The van der Waals surface area contributed by atoms with Crippen molar-refractivity contribution in [2.75, 3.05) is 18.0 Å². The van der Waals surface area contributed by atoms with Crippen molar-refractivity contribution >= 4 is 11.7 Å². The fourth-order valence-corrected chi connectivity index (χ4v) is 1.17. The molecule has 1 aromatic rings. The summed E-state index contributed by atoms with van der Waals surface area (Å²) in [6, 6.07) is 0. The topological polar surface area (TPSA) is 59.2 Å². The molecule has 14 heavy (non-hydrogen) atoms. The largest absolute Gasteiger partial charge is 0.339 e. The van der Waals surface area contributed by atoms with Crippen molar-refractivity contribution in [3.05, 3.63) is 5.89 Å². The van der Waals surface area contributed by atoms with Gasteiger partial charge in [0.15, 0.2) is 0 Å². The van der Waals surface area contributed by atoms with Crippen LogP contribution in [0.3, 0.4) is 0 Å². The predicted octanol–water partition coefficient (Wildman–Crippen LogP) is 1.05. The van der Waals surface area contributed by atoms with Gasteiger partial charge >= 0.3 is 0 Å². The minimum absolute atomic E-state index is 0.0275. The molecule has 1 heterocycles. The lowest BCUT2D eigenvalue weighted by atomic mass is 10.3. The Morgan fingerprint density at radius 3 is 2.57 bits per heavy atom. The van der Waals surface area contributed by atoms with Gasteiger partial charge in [-0.2, -0.15) is 4.98 Å². The first-order valence-corrected chi connectivity index (χ1v) is 4.74. The maximum absolute atomic E-state index is 10.8. The van der Waals surface area contributed by atoms with Crippen LogP contribution in [-0.4, -0.2) is 29.0 Å². The van der Waals surface area contributed by atoms with Gasteiger partial charge in [0.05, 0.1) is 6.42 Å². The Bertz CT molecular complexity index is 305. The smallest absolute Gasteiger partial charge is 0.266 e. The third-order valence-electron chi connectivity index (χ3n) is 1.90. The normalized spacial score (nSPS) is 10.2. The molecule has 0 spiro atoms. The van der Waals surface area contributed by atoms with Crippen LogP contribution in [0.2, 0.25) is 0 Å². The summed E-state index contributed by atoms with van der Waals surface area (Å²) in [4.78, 5) is 16.9. The Morgan fingerprint density at radius 2 is 2.07 bits per heavy atom. The second-order valence-corrected chi connectivity index (χ2v) is 3.04. The standard InChI is InChI=1S/C9H15N3O2/c1-4-12(5-2)9-10-8(14-11-9)6-7(3)13/h4-6H2,1-3H3. The zero-order valence-corrected chi connectivity index (χ0v) is 8.78. The van der Waals surface area contributed by atoms with E-state index in [1.54, 1.807) is 0 Å². The second-order valence-electron chi connectivity index (χ2n) is 3.04. The maximum atomic E-state index is 10.8. The third kappa shape index (κ3) is 2.55. The molecule has 0 unspecified atom stereocenters. The molecule has 1 aromatic heterocycles. The number of rotatable bonds is 5. The molecule has 0 aliphatic carbocycles. The average Bonchev–Trinajstić information content (AvgIpc) is 2.54. The van der Waals surface area contributed by atoms with Crippen LogP contribution in [0.4, 0.5) is 5.95 Å². The molecule has 0 aliphatic heterocycles. The maximum Gasteiger partial charge on any atom is 0.266 e. The molecule has 0 N–H and O–H groups in total. The Kier molecular flexibility index (Phi) is 3.62. The van der Waals surface area contributed by atoms with E-state index in [1.807, 2.05) is 18.7 Å². The van der Waals surface area contributed by atoms with Crippen LogP contribution in [0.1, 0.15) is 26.7 Å². The van der Waals surface area contributed by atoms with Gasteiger partial charge in [0, 0.05) is 13.1 Å². The number of Topliss-reactive ketones (excluding diaryl/α,β-unsaturated/α-hetero) is 1. The fourth-order valence-electron chi connectivity index (χ4n) is 1.17. The van der Waals surface area contributed by atoms with E-state index < -0.39 is 0 Å². The summed E-state index contributed by atoms with van der Waals surface area (Å²) >= 11 is 0. The number of hydrogen-bond acceptors (Lipinski definition) is 5. The van der Waals surface area contributed by atoms with E-state index in [1.165, 1.54) is 6.92 Å². The van der Waals surface area contributed by atoms with Crippen LogP contribution < -0.4 is 4.90 Å². The van der Waals surface area contributed by atoms with E-state index in [9.17, 15) is 4.79 Å². The molecule has 5 heteroatoms. The highest BCUT2D eigenvalue weighted by Crippen LogP contribution is 2.08. The molecule has 0 radical (unpaired) electrons. The summed E-state index contributed by atoms with van der Waals surface area (Å²) < 4.78 is 4.94. The van der Waals surface area contributed by atoms with Crippen LogP contribution in [0.25, 0.3) is 0 Å². The Morgan fingerprint density at radius 1 is 1.43 bits per heavy atom. The van der Waals surface area contributed by atoms with E-state index >= 15 is 0 Å². The number of anilines is 1. The van der Waals surface area contributed by atoms with E-state index in [2.05, 4.69) is 10.1 Å². The lowest BCUT2D eigenvalue weighted by Gasteiger charge is -2.14. The number of carbonyl (C=O) groups excluding carboxylic acids is 1. The molecular weight excluding hydrogens is 182 g/mol. The molecule has 0 amide bonds. The molecule has 0 saturated heterocycles. The SMILES string of the molecule is CCN(CC)c1noc(CC(C)=O)n1. The summed E-state index contributed by atoms with van der Waals surface area (Å²) in [6.07, 6.45) is 0.217. The fraction of sp³-hybridized carbons (Fsp3) is 0.667. The van der Waals surface area contributed by atoms with Crippen LogP contribution in [0.5, 0.6) is 0 Å². The number of nitrogens with zero attached hydrogens (tertiary/aromatic N) is 3. The number of hydrogen-bond donors (Lipinski definition) is 0. The highest BCUT2D eigenvalue weighted by atomic mass is 16.5. The molecule has 0 atom stereocenters. The average molecular weight is 197 g/mol. The van der Waals surface area contributed by atoms with Crippen molar-refractivity contribution in [3.8, 4) is 0 Å². The monoisotopic (exact) mass is 197 g/mol. The molecular formula is C9H15N3O2. The first-order valence-electron chi connectivity index (χ1n) is 4.74. The van der Waals surface area contributed by atoms with Crippen molar-refractivity contribution in [3.63, 3.8) is 0 Å². The molecule has 78 valence electrons. The summed E-state index contributed by atoms with van der Waals surface area (Å²) in [5.74, 6) is 0.977. The molecule has 0 bridgehead atoms. The van der Waals surface area contributed by atoms with Crippen molar-refractivity contribution in [1.82, 2.24) is 10.1 Å². The van der Waals surface area contributed by atoms with Gasteiger partial charge in [-0.3, -0.25) is 4.79 Å². The first-order chi connectivity index (χ1) is 6.67. The number of ketones is 1. The van der Waals surface area contributed by atoms with Crippen molar-refractivity contribution in [2.24, 2.45) is 0 Å². The molecule has 0 fully saturated rings. The molecule has 0 aliphatic rings. The summed E-state index contributed by atoms with van der Waals surface area (Å²) in [7, 11) is 0. The molecule has 0 aromatic carbocycles. The summed E-state index contributed by atoms with van der Waals surface area (Å²) in [6.45, 7) is 7.20. The van der Waals surface area contributed by atoms with Gasteiger partial charge in [-0.05, 0) is 25.9 Å². The molecule has 0 saturated carbocycles. The first kappa shape index (κ1) is 10.7. The highest BCUT2D eigenvalue weighted by Gasteiger charge is 2.11. The zero-order chi connectivity index (χ0) is 10.6. The third-order valence-corrected chi connectivity index (χ3v) is 1.90. The quantitative estimate of drug-likeness (QED) is 0.706. The van der Waals surface area contributed by atoms with E-state index in [0.29, 0.717) is 11.8 Å². The van der Waals surface area contributed by atoms with Crippen LogP contribution in [0, 0.1) is 0 Å². The van der Waals surface area contributed by atoms with Crippen LogP contribution in [-0.2, 0) is 11.2 Å². The summed E-state index contributed by atoms with van der Waals surface area (Å²) in [5, 5.41) is 3.80. The Hall–Kier alpha value is -1.39. The predicted molar refractivity (Wildman–Crippen MR) is 52.2 cm³/mol. The van der Waals surface area contributed by atoms with Gasteiger partial charge in [-0.15, -0.1) is 0 Å². The summed E-state index contributed by atoms with van der Waals surface area (Å²) in [5.41, 5.74) is 0. The van der Waals surface area contributed by atoms with E-state index in [0.717, 1.165) is 13.1 Å². The van der Waals surface area contributed by atoms with Gasteiger partial charge in [-0.1, -0.05) is 0 Å².